The van der Waals surface area contributed by atoms with Gasteiger partial charge < -0.3 is 11.1 Å². The third-order valence-corrected chi connectivity index (χ3v) is 6.48. The van der Waals surface area contributed by atoms with Gasteiger partial charge >= 0.3 is 0 Å². The number of amides is 2. The predicted molar refractivity (Wildman–Crippen MR) is 111 cm³/mol. The number of hydrogen-bond donors (Lipinski definition) is 3. The molecule has 0 bridgehead atoms. The van der Waals surface area contributed by atoms with Gasteiger partial charge in [-0.25, -0.2) is 8.42 Å². The zero-order chi connectivity index (χ0) is 21.0. The number of hydrogen-bond acceptors (Lipinski definition) is 4. The first-order valence-corrected chi connectivity index (χ1v) is 11.0. The Bertz CT molecular complexity index is 1020. The molecule has 154 valence electrons. The summed E-state index contributed by atoms with van der Waals surface area (Å²) in [4.78, 5) is 24.1. The fraction of sp³-hybridized carbons (Fsp3) is 0.333. The van der Waals surface area contributed by atoms with Crippen LogP contribution in [0.4, 0.5) is 5.69 Å². The van der Waals surface area contributed by atoms with Gasteiger partial charge in [-0.1, -0.05) is 23.8 Å². The van der Waals surface area contributed by atoms with Crippen LogP contribution in [-0.2, 0) is 32.5 Å². The molecule has 29 heavy (non-hydrogen) atoms. The quantitative estimate of drug-likeness (QED) is 0.611. The maximum atomic E-state index is 12.8. The van der Waals surface area contributed by atoms with Crippen molar-refractivity contribution < 1.29 is 18.0 Å². The summed E-state index contributed by atoms with van der Waals surface area (Å²) in [6.07, 6.45) is 2.94. The Balaban J connectivity index is 1.77. The summed E-state index contributed by atoms with van der Waals surface area (Å²) in [5.74, 6) is -1.13. The third kappa shape index (κ3) is 5.42. The number of sulfonamides is 1. The van der Waals surface area contributed by atoms with Crippen molar-refractivity contribution in [2.24, 2.45) is 5.73 Å². The Morgan fingerprint density at radius 2 is 1.76 bits per heavy atom. The van der Waals surface area contributed by atoms with Gasteiger partial charge in [0.05, 0.1) is 4.90 Å². The zero-order valence-electron chi connectivity index (χ0n) is 16.3. The van der Waals surface area contributed by atoms with E-state index in [1.165, 1.54) is 23.3 Å². The molecule has 0 heterocycles. The highest BCUT2D eigenvalue weighted by molar-refractivity contribution is 7.89. The highest BCUT2D eigenvalue weighted by atomic mass is 32.2. The lowest BCUT2D eigenvalue weighted by Gasteiger charge is -2.18. The van der Waals surface area contributed by atoms with Crippen molar-refractivity contribution >= 4 is 27.5 Å². The van der Waals surface area contributed by atoms with Gasteiger partial charge in [-0.05, 0) is 68.0 Å². The minimum atomic E-state index is -3.93. The average Bonchev–Trinajstić information content (AvgIpc) is 3.13. The van der Waals surface area contributed by atoms with Crippen LogP contribution in [0.3, 0.4) is 0 Å². The number of anilines is 1. The van der Waals surface area contributed by atoms with Crippen molar-refractivity contribution in [1.82, 2.24) is 4.72 Å². The molecule has 4 N–H and O–H groups in total. The number of rotatable bonds is 8. The van der Waals surface area contributed by atoms with Crippen molar-refractivity contribution in [3.8, 4) is 0 Å². The first-order chi connectivity index (χ1) is 13.7. The van der Waals surface area contributed by atoms with E-state index in [0.29, 0.717) is 5.69 Å². The van der Waals surface area contributed by atoms with Crippen molar-refractivity contribution in [2.75, 3.05) is 5.32 Å². The first kappa shape index (κ1) is 21.0. The topological polar surface area (TPSA) is 118 Å². The van der Waals surface area contributed by atoms with Gasteiger partial charge in [-0.2, -0.15) is 4.72 Å². The molecule has 2 aromatic carbocycles. The molecular weight excluding hydrogens is 390 g/mol. The highest BCUT2D eigenvalue weighted by Crippen LogP contribution is 2.25. The molecule has 1 aliphatic rings. The molecule has 0 aromatic heterocycles. The van der Waals surface area contributed by atoms with Crippen LogP contribution in [0.2, 0.25) is 0 Å². The number of nitrogens with two attached hydrogens (primary N) is 1. The number of nitrogens with one attached hydrogen (secondary N) is 2. The van der Waals surface area contributed by atoms with Crippen LogP contribution in [0.15, 0.2) is 47.4 Å². The second kappa shape index (κ2) is 8.75. The van der Waals surface area contributed by atoms with E-state index in [4.69, 9.17) is 5.73 Å². The number of benzene rings is 2. The molecule has 8 heteroatoms. The molecule has 1 aliphatic carbocycles. The maximum absolute atomic E-state index is 12.8. The van der Waals surface area contributed by atoms with Gasteiger partial charge in [0, 0.05) is 12.1 Å². The number of carbonyl (C=O) groups is 2. The Morgan fingerprint density at radius 3 is 2.45 bits per heavy atom. The number of carbonyl (C=O) groups excluding carboxylic acids is 2. The molecule has 0 aliphatic heterocycles. The number of fused-ring (bicyclic) bond motifs is 1. The van der Waals surface area contributed by atoms with Crippen molar-refractivity contribution in [3.05, 3.63) is 59.2 Å². The monoisotopic (exact) mass is 415 g/mol. The second-order valence-electron chi connectivity index (χ2n) is 7.32. The average molecular weight is 416 g/mol. The van der Waals surface area contributed by atoms with Gasteiger partial charge in [0.15, 0.2) is 0 Å². The molecule has 2 amide bonds. The summed E-state index contributed by atoms with van der Waals surface area (Å²) >= 11 is 0. The lowest BCUT2D eigenvalue weighted by molar-refractivity contribution is -0.119. The molecule has 0 spiro atoms. The lowest BCUT2D eigenvalue weighted by Crippen LogP contribution is -2.44. The molecule has 0 saturated carbocycles. The summed E-state index contributed by atoms with van der Waals surface area (Å²) in [6.45, 7) is 1.85. The summed E-state index contributed by atoms with van der Waals surface area (Å²) in [5, 5.41) is 2.76. The zero-order valence-corrected chi connectivity index (χ0v) is 17.1. The molecule has 0 radical (unpaired) electrons. The van der Waals surface area contributed by atoms with Gasteiger partial charge in [-0.3, -0.25) is 9.59 Å². The van der Waals surface area contributed by atoms with E-state index in [9.17, 15) is 18.0 Å². The molecule has 1 unspecified atom stereocenters. The molecule has 0 saturated heterocycles. The number of aryl methyl sites for hydroxylation is 3. The standard InChI is InChI=1S/C21H25N3O4S/c1-14-5-9-18(10-6-14)29(27,28)24-19(11-12-20(22)25)21(26)23-17-8-7-15-3-2-4-16(15)13-17/h5-10,13,19,24H,2-4,11-12H2,1H3,(H2,22,25)(H,23,26). The molecule has 2 aromatic rings. The smallest absolute Gasteiger partial charge is 0.242 e. The van der Waals surface area contributed by atoms with Crippen LogP contribution < -0.4 is 15.8 Å². The lowest BCUT2D eigenvalue weighted by atomic mass is 10.1. The Hall–Kier alpha value is -2.71. The molecule has 1 atom stereocenters. The normalized spacial score (nSPS) is 14.2. The van der Waals surface area contributed by atoms with E-state index >= 15 is 0 Å². The van der Waals surface area contributed by atoms with E-state index in [-0.39, 0.29) is 17.7 Å². The van der Waals surface area contributed by atoms with Crippen LogP contribution in [-0.4, -0.2) is 26.3 Å². The van der Waals surface area contributed by atoms with Gasteiger partial charge in [0.25, 0.3) is 0 Å². The largest absolute Gasteiger partial charge is 0.370 e. The fourth-order valence-corrected chi connectivity index (χ4v) is 4.61. The summed E-state index contributed by atoms with van der Waals surface area (Å²) in [5.41, 5.74) is 9.19. The molecular formula is C21H25N3O4S. The molecule has 0 fully saturated rings. The summed E-state index contributed by atoms with van der Waals surface area (Å²) < 4.78 is 27.8. The van der Waals surface area contributed by atoms with Crippen molar-refractivity contribution in [2.45, 2.75) is 50.0 Å². The van der Waals surface area contributed by atoms with E-state index in [1.54, 1.807) is 12.1 Å². The van der Waals surface area contributed by atoms with Crippen LogP contribution in [0.5, 0.6) is 0 Å². The minimum absolute atomic E-state index is 0.0306. The van der Waals surface area contributed by atoms with Gasteiger partial charge in [0.2, 0.25) is 21.8 Å². The van der Waals surface area contributed by atoms with E-state index in [1.807, 2.05) is 25.1 Å². The van der Waals surface area contributed by atoms with E-state index in [2.05, 4.69) is 10.0 Å². The Labute approximate surface area is 170 Å². The van der Waals surface area contributed by atoms with Crippen molar-refractivity contribution in [1.29, 1.82) is 0 Å². The van der Waals surface area contributed by atoms with Crippen LogP contribution in [0, 0.1) is 6.92 Å². The minimum Gasteiger partial charge on any atom is -0.370 e. The Morgan fingerprint density at radius 1 is 1.07 bits per heavy atom. The first-order valence-electron chi connectivity index (χ1n) is 9.54. The molecule has 7 nitrogen and oxygen atoms in total. The fourth-order valence-electron chi connectivity index (χ4n) is 3.38. The van der Waals surface area contributed by atoms with E-state index < -0.39 is 27.9 Å². The second-order valence-corrected chi connectivity index (χ2v) is 9.03. The maximum Gasteiger partial charge on any atom is 0.242 e. The predicted octanol–water partition coefficient (Wildman–Crippen LogP) is 2.03. The van der Waals surface area contributed by atoms with Crippen LogP contribution in [0.25, 0.3) is 0 Å². The summed E-state index contributed by atoms with van der Waals surface area (Å²) in [6, 6.07) is 10.9. The number of primary amides is 1. The third-order valence-electron chi connectivity index (χ3n) is 4.99. The van der Waals surface area contributed by atoms with Crippen molar-refractivity contribution in [3.63, 3.8) is 0 Å². The van der Waals surface area contributed by atoms with Crippen LogP contribution >= 0.6 is 0 Å². The Kier molecular flexibility index (Phi) is 6.34. The SMILES string of the molecule is Cc1ccc(S(=O)(=O)NC(CCC(N)=O)C(=O)Nc2ccc3c(c2)CCC3)cc1. The van der Waals surface area contributed by atoms with Crippen LogP contribution in [0.1, 0.15) is 36.0 Å². The highest BCUT2D eigenvalue weighted by Gasteiger charge is 2.26. The van der Waals surface area contributed by atoms with E-state index in [0.717, 1.165) is 24.8 Å². The summed E-state index contributed by atoms with van der Waals surface area (Å²) in [7, 11) is -3.93. The molecule has 3 rings (SSSR count). The van der Waals surface area contributed by atoms with Gasteiger partial charge in [0.1, 0.15) is 6.04 Å². The van der Waals surface area contributed by atoms with Gasteiger partial charge in [-0.15, -0.1) is 0 Å².